The van der Waals surface area contributed by atoms with Crippen LogP contribution < -0.4 is 0 Å². The fraction of sp³-hybridized carbons (Fsp3) is 1.00. The Hall–Kier alpha value is 0.518. The summed E-state index contributed by atoms with van der Waals surface area (Å²) in [7, 11) is 2.19. The minimum atomic E-state index is 0.174. The van der Waals surface area contributed by atoms with Crippen LogP contribution in [0.25, 0.3) is 0 Å². The zero-order valence-electron chi connectivity index (χ0n) is 6.45. The summed E-state index contributed by atoms with van der Waals surface area (Å²) in [5.41, 5.74) is 2.69. The minimum absolute atomic E-state index is 0.174. The molecule has 0 aliphatic heterocycles. The second-order valence-corrected chi connectivity index (χ2v) is 5.30. The first-order chi connectivity index (χ1) is 3.48. The molecule has 0 rings (SSSR count). The van der Waals surface area contributed by atoms with E-state index in [0.717, 1.165) is 0 Å². The first-order valence-electron chi connectivity index (χ1n) is 2.89. The van der Waals surface area contributed by atoms with Gasteiger partial charge in [-0.25, -0.2) is 0 Å². The molecule has 0 aromatic carbocycles. The maximum atomic E-state index is 2.44. The van der Waals surface area contributed by atoms with Gasteiger partial charge in [-0.2, -0.15) is 0 Å². The van der Waals surface area contributed by atoms with Gasteiger partial charge in [0.25, 0.3) is 0 Å². The monoisotopic (exact) mass is 177 g/mol. The average Bonchev–Trinajstić information content (AvgIpc) is 1.62. The van der Waals surface area contributed by atoms with Gasteiger partial charge in [-0.3, -0.25) is 0 Å². The van der Waals surface area contributed by atoms with Gasteiger partial charge < -0.3 is 0 Å². The van der Waals surface area contributed by atoms with Gasteiger partial charge in [-0.1, -0.05) is 0 Å². The molecule has 1 atom stereocenters. The molecular formula is C6H16AsN. The van der Waals surface area contributed by atoms with E-state index in [9.17, 15) is 0 Å². The summed E-state index contributed by atoms with van der Waals surface area (Å²) in [6.45, 7) is 6.75. The number of hydrogen-bond donors (Lipinski definition) is 0. The Balaban J connectivity index is 3.62. The van der Waals surface area contributed by atoms with E-state index in [1.165, 1.54) is 0 Å². The third kappa shape index (κ3) is 2.74. The summed E-state index contributed by atoms with van der Waals surface area (Å²) < 4.78 is 2.44. The predicted molar refractivity (Wildman–Crippen MR) is 40.5 cm³/mol. The van der Waals surface area contributed by atoms with Crippen molar-refractivity contribution >= 4 is 16.0 Å². The van der Waals surface area contributed by atoms with Crippen molar-refractivity contribution in [2.75, 3.05) is 7.05 Å². The van der Waals surface area contributed by atoms with E-state index in [4.69, 9.17) is 0 Å². The van der Waals surface area contributed by atoms with E-state index in [1.807, 2.05) is 0 Å². The Bertz CT molecular complexity index is 65.4. The van der Waals surface area contributed by atoms with E-state index < -0.39 is 0 Å². The fourth-order valence-electron chi connectivity index (χ4n) is 0.335. The molecule has 0 N–H and O–H groups in total. The molecule has 50 valence electrons. The second-order valence-electron chi connectivity index (χ2n) is 2.95. The molecule has 8 heavy (non-hydrogen) atoms. The van der Waals surface area contributed by atoms with Gasteiger partial charge >= 0.3 is 58.9 Å². The molecule has 0 aliphatic rings. The molecule has 2 heteroatoms. The summed E-state index contributed by atoms with van der Waals surface area (Å²) in [6, 6.07) is 0. The van der Waals surface area contributed by atoms with Gasteiger partial charge in [0.05, 0.1) is 0 Å². The molecule has 0 amide bonds. The van der Waals surface area contributed by atoms with Crippen molar-refractivity contribution in [3.8, 4) is 0 Å². The molecule has 0 radical (unpaired) electrons. The Morgan fingerprint density at radius 2 is 1.62 bits per heavy atom. The van der Waals surface area contributed by atoms with E-state index in [-0.39, 0.29) is 16.0 Å². The third-order valence-corrected chi connectivity index (χ3v) is 4.16. The van der Waals surface area contributed by atoms with Crippen LogP contribution in [-0.2, 0) is 0 Å². The van der Waals surface area contributed by atoms with Crippen molar-refractivity contribution in [2.24, 2.45) is 0 Å². The van der Waals surface area contributed by atoms with Crippen LogP contribution >= 0.6 is 0 Å². The van der Waals surface area contributed by atoms with Crippen molar-refractivity contribution in [1.29, 1.82) is 0 Å². The zero-order valence-corrected chi connectivity index (χ0v) is 8.55. The van der Waals surface area contributed by atoms with Gasteiger partial charge in [0.1, 0.15) is 0 Å². The molecule has 1 nitrogen and oxygen atoms in total. The van der Waals surface area contributed by atoms with E-state index in [1.54, 1.807) is 0 Å². The molecule has 0 aromatic rings. The Morgan fingerprint density at radius 1 is 1.25 bits per heavy atom. The maximum absolute atomic E-state index is 2.44. The fourth-order valence-corrected chi connectivity index (χ4v) is 1.74. The van der Waals surface area contributed by atoms with Crippen molar-refractivity contribution in [3.63, 3.8) is 0 Å². The summed E-state index contributed by atoms with van der Waals surface area (Å²) in [5, 5.41) is 0. The molecule has 0 spiro atoms. The van der Waals surface area contributed by atoms with Gasteiger partial charge in [0, 0.05) is 0 Å². The van der Waals surface area contributed by atoms with Crippen LogP contribution in [0.5, 0.6) is 0 Å². The summed E-state index contributed by atoms with van der Waals surface area (Å²) in [6.07, 6.45) is 0. The molecule has 0 saturated carbocycles. The van der Waals surface area contributed by atoms with Crippen molar-refractivity contribution in [2.45, 2.75) is 32.0 Å². The second kappa shape index (κ2) is 2.89. The zero-order chi connectivity index (χ0) is 6.78. The van der Waals surface area contributed by atoms with Gasteiger partial charge in [-0.15, -0.1) is 0 Å². The molecule has 0 aliphatic carbocycles. The Labute approximate surface area is 59.4 Å². The Morgan fingerprint density at radius 3 is 1.62 bits per heavy atom. The normalized spacial score (nSPS) is 14.2. The number of hydrogen-bond acceptors (Lipinski definition) is 1. The van der Waals surface area contributed by atoms with Crippen LogP contribution in [0, 0.1) is 0 Å². The first-order valence-corrected chi connectivity index (χ1v) is 5.93. The Kier molecular flexibility index (Phi) is 3.07. The molecule has 0 aromatic heterocycles. The van der Waals surface area contributed by atoms with Gasteiger partial charge in [-0.05, 0) is 0 Å². The molecule has 1 unspecified atom stereocenters. The topological polar surface area (TPSA) is 3.24 Å². The van der Waals surface area contributed by atoms with Crippen LogP contribution in [-0.4, -0.2) is 32.4 Å². The molecule has 0 fully saturated rings. The van der Waals surface area contributed by atoms with Crippen LogP contribution in [0.3, 0.4) is 0 Å². The van der Waals surface area contributed by atoms with Gasteiger partial charge in [0.15, 0.2) is 0 Å². The summed E-state index contributed by atoms with van der Waals surface area (Å²) in [4.78, 5) is 0. The average molecular weight is 177 g/mol. The SMILES string of the molecule is C[AsH]N(C)C(C)(C)C. The quantitative estimate of drug-likeness (QED) is 0.542. The standard InChI is InChI=1S/C6H16AsN/c1-6(2,3)8(5)7-4/h7H,1-5H3. The summed E-state index contributed by atoms with van der Waals surface area (Å²) in [5.74, 6) is 0. The molecule has 0 bridgehead atoms. The molecule has 0 saturated heterocycles. The van der Waals surface area contributed by atoms with Gasteiger partial charge in [0.2, 0.25) is 0 Å². The summed E-state index contributed by atoms with van der Waals surface area (Å²) >= 11 is 0.174. The predicted octanol–water partition coefficient (Wildman–Crippen LogP) is 1.12. The van der Waals surface area contributed by atoms with E-state index in [0.29, 0.717) is 5.54 Å². The van der Waals surface area contributed by atoms with Crippen LogP contribution in [0.15, 0.2) is 0 Å². The van der Waals surface area contributed by atoms with E-state index in [2.05, 4.69) is 37.3 Å². The van der Waals surface area contributed by atoms with E-state index >= 15 is 0 Å². The number of nitrogens with zero attached hydrogens (tertiary/aromatic N) is 1. The first kappa shape index (κ1) is 8.52. The van der Waals surface area contributed by atoms with Crippen molar-refractivity contribution in [3.05, 3.63) is 0 Å². The van der Waals surface area contributed by atoms with Crippen molar-refractivity contribution in [1.82, 2.24) is 3.82 Å². The van der Waals surface area contributed by atoms with Crippen molar-refractivity contribution < 1.29 is 0 Å². The molecule has 0 heterocycles. The third-order valence-electron chi connectivity index (χ3n) is 1.34. The number of rotatable bonds is 1. The van der Waals surface area contributed by atoms with Crippen LogP contribution in [0.1, 0.15) is 20.8 Å². The molecular weight excluding hydrogens is 161 g/mol. The van der Waals surface area contributed by atoms with Crippen LogP contribution in [0.2, 0.25) is 5.71 Å². The van der Waals surface area contributed by atoms with Crippen LogP contribution in [0.4, 0.5) is 0 Å².